The zero-order chi connectivity index (χ0) is 22.7. The number of amides is 1. The lowest BCUT2D eigenvalue weighted by atomic mass is 9.81. The Labute approximate surface area is 183 Å². The zero-order valence-corrected chi connectivity index (χ0v) is 17.4. The molecule has 0 saturated carbocycles. The van der Waals surface area contributed by atoms with E-state index in [0.29, 0.717) is 53.8 Å². The van der Waals surface area contributed by atoms with Crippen molar-refractivity contribution in [1.82, 2.24) is 5.16 Å². The summed E-state index contributed by atoms with van der Waals surface area (Å²) < 4.78 is 10.1. The van der Waals surface area contributed by atoms with Crippen LogP contribution in [0.25, 0.3) is 10.8 Å². The van der Waals surface area contributed by atoms with Crippen molar-refractivity contribution in [3.05, 3.63) is 64.1 Å². The first-order valence-corrected chi connectivity index (χ1v) is 10.2. The Morgan fingerprint density at radius 1 is 1.16 bits per heavy atom. The van der Waals surface area contributed by atoms with Gasteiger partial charge in [0.25, 0.3) is 5.91 Å². The number of fused-ring (bicyclic) bond motifs is 1. The van der Waals surface area contributed by atoms with Gasteiger partial charge in [-0.1, -0.05) is 17.0 Å². The maximum Gasteiger partial charge on any atom is 0.366 e. The molecule has 0 spiro atoms. The Hall–Kier alpha value is -3.67. The summed E-state index contributed by atoms with van der Waals surface area (Å²) >= 11 is 0. The number of anilines is 1. The minimum atomic E-state index is -1.96. The van der Waals surface area contributed by atoms with Crippen molar-refractivity contribution in [3.63, 3.8) is 0 Å². The van der Waals surface area contributed by atoms with Crippen molar-refractivity contribution in [2.45, 2.75) is 25.4 Å². The number of aromatic nitrogens is 1. The molecule has 0 radical (unpaired) electrons. The number of rotatable bonds is 3. The van der Waals surface area contributed by atoms with E-state index in [0.717, 1.165) is 0 Å². The second-order valence-corrected chi connectivity index (χ2v) is 7.72. The molecule has 0 bridgehead atoms. The number of carbonyl (C=O) groups is 1. The molecule has 1 unspecified atom stereocenters. The largest absolute Gasteiger partial charge is 0.508 e. The minimum Gasteiger partial charge on any atom is -0.508 e. The first-order valence-electron chi connectivity index (χ1n) is 10.2. The molecule has 1 aliphatic heterocycles. The average Bonchev–Trinajstić information content (AvgIpc) is 2.81. The summed E-state index contributed by atoms with van der Waals surface area (Å²) in [5.41, 5.74) is -1.07. The van der Waals surface area contributed by atoms with Crippen molar-refractivity contribution in [2.24, 2.45) is 5.92 Å². The Kier molecular flexibility index (Phi) is 5.95. The molecule has 4 rings (SSSR count). The van der Waals surface area contributed by atoms with Crippen molar-refractivity contribution in [2.75, 3.05) is 18.5 Å². The second-order valence-electron chi connectivity index (χ2n) is 7.72. The van der Waals surface area contributed by atoms with Gasteiger partial charge in [0.05, 0.1) is 11.1 Å². The Morgan fingerprint density at radius 3 is 2.59 bits per heavy atom. The molecule has 8 nitrogen and oxygen atoms in total. The monoisotopic (exact) mass is 434 g/mol. The highest BCUT2D eigenvalue weighted by Crippen LogP contribution is 2.29. The fourth-order valence-corrected chi connectivity index (χ4v) is 3.71. The molecular formula is C24H22N2O6. The number of nitrogens with one attached hydrogen (secondary N) is 1. The first-order chi connectivity index (χ1) is 15.4. The van der Waals surface area contributed by atoms with Gasteiger partial charge in [-0.2, -0.15) is 0 Å². The SMILES string of the molecule is Cc1noc(=O)c2ccc(NC(=O)C(O)(C#Cc3ccc(O)cc3)C3CCOCC3)cc12. The summed E-state index contributed by atoms with van der Waals surface area (Å²) in [5.74, 6) is 4.62. The van der Waals surface area contributed by atoms with Crippen LogP contribution < -0.4 is 10.9 Å². The number of phenols is 1. The number of benzene rings is 2. The highest BCUT2D eigenvalue weighted by atomic mass is 16.5. The van der Waals surface area contributed by atoms with Gasteiger partial charge in [-0.25, -0.2) is 4.79 Å². The minimum absolute atomic E-state index is 0.100. The van der Waals surface area contributed by atoms with Crippen LogP contribution in [-0.2, 0) is 9.53 Å². The molecule has 8 heteroatoms. The molecule has 1 fully saturated rings. The van der Waals surface area contributed by atoms with Crippen LogP contribution in [-0.4, -0.2) is 40.1 Å². The fourth-order valence-electron chi connectivity index (χ4n) is 3.71. The van der Waals surface area contributed by atoms with E-state index in [1.54, 1.807) is 37.3 Å². The van der Waals surface area contributed by atoms with Gasteiger partial charge in [-0.3, -0.25) is 4.79 Å². The van der Waals surface area contributed by atoms with E-state index in [9.17, 15) is 19.8 Å². The number of aryl methyl sites for hydroxylation is 1. The third-order valence-corrected chi connectivity index (χ3v) is 5.58. The molecule has 2 heterocycles. The van der Waals surface area contributed by atoms with E-state index in [2.05, 4.69) is 22.3 Å². The summed E-state index contributed by atoms with van der Waals surface area (Å²) in [6.45, 7) is 2.55. The molecule has 1 aliphatic rings. The van der Waals surface area contributed by atoms with Crippen LogP contribution in [0.2, 0.25) is 0 Å². The Morgan fingerprint density at radius 2 is 1.88 bits per heavy atom. The summed E-state index contributed by atoms with van der Waals surface area (Å²) in [6.07, 6.45) is 0.964. The Balaban J connectivity index is 1.67. The van der Waals surface area contributed by atoms with Crippen LogP contribution in [0.15, 0.2) is 51.8 Å². The third kappa shape index (κ3) is 4.35. The van der Waals surface area contributed by atoms with E-state index in [1.807, 2.05) is 0 Å². The number of phenolic OH excluding ortho intramolecular Hbond substituents is 1. The standard InChI is InChI=1S/C24H22N2O6/c1-15-21-14-18(4-7-20(21)22(28)32-26-15)25-23(29)24(30,17-9-12-31-13-10-17)11-8-16-2-5-19(27)6-3-16/h2-7,14,17,27,30H,9-10,12-13H2,1H3,(H,25,29). The van der Waals surface area contributed by atoms with Crippen LogP contribution in [0.1, 0.15) is 24.1 Å². The van der Waals surface area contributed by atoms with Gasteiger partial charge in [0, 0.05) is 35.8 Å². The molecule has 1 saturated heterocycles. The van der Waals surface area contributed by atoms with Gasteiger partial charge in [0.2, 0.25) is 5.60 Å². The van der Waals surface area contributed by atoms with Gasteiger partial charge < -0.3 is 24.8 Å². The lowest BCUT2D eigenvalue weighted by molar-refractivity contribution is -0.136. The van der Waals surface area contributed by atoms with Crippen LogP contribution >= 0.6 is 0 Å². The maximum absolute atomic E-state index is 13.3. The summed E-state index contributed by atoms with van der Waals surface area (Å²) in [7, 11) is 0. The maximum atomic E-state index is 13.3. The van der Waals surface area contributed by atoms with Crippen LogP contribution in [0.3, 0.4) is 0 Å². The molecule has 32 heavy (non-hydrogen) atoms. The van der Waals surface area contributed by atoms with Crippen LogP contribution in [0.5, 0.6) is 5.75 Å². The summed E-state index contributed by atoms with van der Waals surface area (Å²) in [5, 5.41) is 28.2. The predicted octanol–water partition coefficient (Wildman–Crippen LogP) is 2.35. The van der Waals surface area contributed by atoms with E-state index >= 15 is 0 Å². The molecule has 3 aromatic rings. The molecule has 1 atom stereocenters. The number of hydrogen-bond donors (Lipinski definition) is 3. The number of ether oxygens (including phenoxy) is 1. The van der Waals surface area contributed by atoms with E-state index in [-0.39, 0.29) is 5.75 Å². The topological polar surface area (TPSA) is 122 Å². The molecule has 3 N–H and O–H groups in total. The van der Waals surface area contributed by atoms with E-state index < -0.39 is 23.1 Å². The van der Waals surface area contributed by atoms with E-state index in [4.69, 9.17) is 9.26 Å². The van der Waals surface area contributed by atoms with Gasteiger partial charge in [-0.15, -0.1) is 0 Å². The highest BCUT2D eigenvalue weighted by molar-refractivity contribution is 6.01. The van der Waals surface area contributed by atoms with Crippen molar-refractivity contribution < 1.29 is 24.3 Å². The third-order valence-electron chi connectivity index (χ3n) is 5.58. The Bertz CT molecular complexity index is 1270. The van der Waals surface area contributed by atoms with E-state index in [1.165, 1.54) is 12.1 Å². The van der Waals surface area contributed by atoms with Crippen molar-refractivity contribution in [3.8, 4) is 17.6 Å². The van der Waals surface area contributed by atoms with Gasteiger partial charge in [-0.05, 0) is 62.2 Å². The number of nitrogens with zero attached hydrogens (tertiary/aromatic N) is 1. The van der Waals surface area contributed by atoms with Crippen LogP contribution in [0.4, 0.5) is 5.69 Å². The zero-order valence-electron chi connectivity index (χ0n) is 17.4. The lowest BCUT2D eigenvalue weighted by Crippen LogP contribution is -2.50. The predicted molar refractivity (Wildman–Crippen MR) is 117 cm³/mol. The first kappa shape index (κ1) is 21.6. The average molecular weight is 434 g/mol. The second kappa shape index (κ2) is 8.83. The molecule has 2 aromatic carbocycles. The summed E-state index contributed by atoms with van der Waals surface area (Å²) in [6, 6.07) is 10.9. The number of hydrogen-bond acceptors (Lipinski definition) is 7. The fraction of sp³-hybridized carbons (Fsp3) is 0.292. The molecular weight excluding hydrogens is 412 g/mol. The van der Waals surface area contributed by atoms with Crippen molar-refractivity contribution >= 4 is 22.4 Å². The quantitative estimate of drug-likeness (QED) is 0.541. The number of aromatic hydroxyl groups is 1. The summed E-state index contributed by atoms with van der Waals surface area (Å²) in [4.78, 5) is 25.1. The van der Waals surface area contributed by atoms with Gasteiger partial charge in [0.15, 0.2) is 0 Å². The molecule has 1 amide bonds. The lowest BCUT2D eigenvalue weighted by Gasteiger charge is -2.33. The normalized spacial score (nSPS) is 16.1. The van der Waals surface area contributed by atoms with Crippen LogP contribution in [0, 0.1) is 24.7 Å². The smallest absolute Gasteiger partial charge is 0.366 e. The highest BCUT2D eigenvalue weighted by Gasteiger charge is 2.43. The molecule has 164 valence electrons. The van der Waals surface area contributed by atoms with Gasteiger partial charge in [0.1, 0.15) is 5.75 Å². The van der Waals surface area contributed by atoms with Crippen molar-refractivity contribution in [1.29, 1.82) is 0 Å². The van der Waals surface area contributed by atoms with Gasteiger partial charge >= 0.3 is 5.63 Å². The molecule has 1 aromatic heterocycles. The number of carbonyl (C=O) groups excluding carboxylic acids is 1. The molecule has 0 aliphatic carbocycles. The number of aliphatic hydroxyl groups is 1.